The molecule has 0 aliphatic carbocycles. The van der Waals surface area contributed by atoms with E-state index in [4.69, 9.17) is 4.74 Å². The first kappa shape index (κ1) is 18.8. The Balaban J connectivity index is 1.90. The van der Waals surface area contributed by atoms with Gasteiger partial charge in [0.2, 0.25) is 5.91 Å². The number of nitrogens with zero attached hydrogens (tertiary/aromatic N) is 1. The second-order valence-electron chi connectivity index (χ2n) is 6.36. The Morgan fingerprint density at radius 1 is 1.07 bits per heavy atom. The number of ether oxygens (including phenoxy) is 1. The molecule has 0 saturated carbocycles. The third-order valence-electron chi connectivity index (χ3n) is 4.30. The Bertz CT molecular complexity index is 899. The summed E-state index contributed by atoms with van der Waals surface area (Å²) >= 11 is 1.13. The Kier molecular flexibility index (Phi) is 5.09. The first-order valence-corrected chi connectivity index (χ1v) is 9.18. The van der Waals surface area contributed by atoms with Gasteiger partial charge in [-0.2, -0.15) is 0 Å². The summed E-state index contributed by atoms with van der Waals surface area (Å²) in [5, 5.41) is 4.30. The van der Waals surface area contributed by atoms with Crippen LogP contribution in [0.2, 0.25) is 0 Å². The predicted molar refractivity (Wildman–Crippen MR) is 99.9 cm³/mol. The Labute approximate surface area is 159 Å². The monoisotopic (exact) mass is 386 g/mol. The van der Waals surface area contributed by atoms with Crippen molar-refractivity contribution in [3.05, 3.63) is 51.7 Å². The first-order chi connectivity index (χ1) is 12.9. The molecule has 140 valence electrons. The number of carbonyl (C=O) groups is 4. The molecule has 0 radical (unpaired) electrons. The van der Waals surface area contributed by atoms with Crippen molar-refractivity contribution in [2.75, 3.05) is 12.4 Å². The van der Waals surface area contributed by atoms with E-state index in [0.29, 0.717) is 5.69 Å². The SMILES string of the molecule is COC(=O)c1sccc1NC(=O)[C@H](C(C)C)N1C(=O)c2ccccc2C1=O. The summed E-state index contributed by atoms with van der Waals surface area (Å²) in [4.78, 5) is 51.5. The van der Waals surface area contributed by atoms with Crippen LogP contribution in [0.25, 0.3) is 0 Å². The number of fused-ring (bicyclic) bond motifs is 1. The minimum atomic E-state index is -1.01. The minimum Gasteiger partial charge on any atom is -0.465 e. The fraction of sp³-hybridized carbons (Fsp3) is 0.263. The number of hydrogen-bond acceptors (Lipinski definition) is 6. The van der Waals surface area contributed by atoms with Gasteiger partial charge in [-0.15, -0.1) is 11.3 Å². The van der Waals surface area contributed by atoms with E-state index in [1.54, 1.807) is 49.6 Å². The van der Waals surface area contributed by atoms with E-state index in [0.717, 1.165) is 16.2 Å². The maximum absolute atomic E-state index is 12.9. The van der Waals surface area contributed by atoms with E-state index in [-0.39, 0.29) is 21.9 Å². The largest absolute Gasteiger partial charge is 0.465 e. The second kappa shape index (κ2) is 7.32. The third-order valence-corrected chi connectivity index (χ3v) is 5.19. The first-order valence-electron chi connectivity index (χ1n) is 8.30. The maximum Gasteiger partial charge on any atom is 0.350 e. The van der Waals surface area contributed by atoms with E-state index in [1.807, 2.05) is 0 Å². The van der Waals surface area contributed by atoms with Gasteiger partial charge in [0.15, 0.2) is 0 Å². The second-order valence-corrected chi connectivity index (χ2v) is 7.28. The zero-order valence-corrected chi connectivity index (χ0v) is 15.8. The molecule has 0 saturated heterocycles. The van der Waals surface area contributed by atoms with Crippen LogP contribution in [-0.2, 0) is 9.53 Å². The molecule has 2 heterocycles. The topological polar surface area (TPSA) is 92.8 Å². The molecule has 8 heteroatoms. The number of esters is 1. The number of anilines is 1. The molecule has 1 atom stereocenters. The molecule has 1 aromatic heterocycles. The number of hydrogen-bond donors (Lipinski definition) is 1. The lowest BCUT2D eigenvalue weighted by Crippen LogP contribution is -2.50. The van der Waals surface area contributed by atoms with Crippen molar-refractivity contribution in [1.82, 2.24) is 4.90 Å². The highest BCUT2D eigenvalue weighted by molar-refractivity contribution is 7.12. The number of thiophene rings is 1. The average Bonchev–Trinajstić information content (AvgIpc) is 3.20. The minimum absolute atomic E-state index is 0.246. The molecule has 1 N–H and O–H groups in total. The maximum atomic E-state index is 12.9. The summed E-state index contributed by atoms with van der Waals surface area (Å²) in [6.45, 7) is 3.51. The van der Waals surface area contributed by atoms with Gasteiger partial charge < -0.3 is 10.1 Å². The molecule has 0 unspecified atom stereocenters. The molecule has 0 bridgehead atoms. The van der Waals surface area contributed by atoms with Crippen LogP contribution in [0.3, 0.4) is 0 Å². The highest BCUT2D eigenvalue weighted by Gasteiger charge is 2.44. The molecule has 3 amide bonds. The predicted octanol–water partition coefficient (Wildman–Crippen LogP) is 2.79. The van der Waals surface area contributed by atoms with Gasteiger partial charge in [-0.3, -0.25) is 19.3 Å². The quantitative estimate of drug-likeness (QED) is 0.630. The fourth-order valence-electron chi connectivity index (χ4n) is 3.04. The lowest BCUT2D eigenvalue weighted by molar-refractivity contribution is -0.121. The average molecular weight is 386 g/mol. The van der Waals surface area contributed by atoms with Crippen LogP contribution in [0, 0.1) is 5.92 Å². The van der Waals surface area contributed by atoms with E-state index < -0.39 is 29.7 Å². The van der Waals surface area contributed by atoms with Gasteiger partial charge in [-0.25, -0.2) is 4.79 Å². The standard InChI is InChI=1S/C19H18N2O5S/c1-10(2)14(16(22)20-13-8-9-27-15(13)19(25)26-3)21-17(23)11-6-4-5-7-12(11)18(21)24/h4-10,14H,1-3H3,(H,20,22)/t14-/m0/s1. The number of carbonyl (C=O) groups excluding carboxylic acids is 4. The van der Waals surface area contributed by atoms with Crippen molar-refractivity contribution in [3.63, 3.8) is 0 Å². The molecular formula is C19H18N2O5S. The Hall–Kier alpha value is -3.00. The van der Waals surface area contributed by atoms with Crippen LogP contribution in [-0.4, -0.2) is 41.7 Å². The lowest BCUT2D eigenvalue weighted by Gasteiger charge is -2.28. The van der Waals surface area contributed by atoms with Crippen molar-refractivity contribution in [1.29, 1.82) is 0 Å². The van der Waals surface area contributed by atoms with Gasteiger partial charge in [0.05, 0.1) is 23.9 Å². The van der Waals surface area contributed by atoms with Crippen molar-refractivity contribution in [2.45, 2.75) is 19.9 Å². The van der Waals surface area contributed by atoms with Crippen molar-refractivity contribution < 1.29 is 23.9 Å². The number of amides is 3. The number of imide groups is 1. The summed E-state index contributed by atoms with van der Waals surface area (Å²) in [5.41, 5.74) is 0.859. The summed E-state index contributed by atoms with van der Waals surface area (Å²) in [5.74, 6) is -2.43. The van der Waals surface area contributed by atoms with Crippen LogP contribution in [0.1, 0.15) is 44.2 Å². The van der Waals surface area contributed by atoms with Gasteiger partial charge in [0.1, 0.15) is 10.9 Å². The van der Waals surface area contributed by atoms with E-state index in [2.05, 4.69) is 5.32 Å². The van der Waals surface area contributed by atoms with Gasteiger partial charge in [-0.05, 0) is 29.5 Å². The molecule has 2 aromatic rings. The molecule has 0 fully saturated rings. The van der Waals surface area contributed by atoms with Crippen LogP contribution in [0.5, 0.6) is 0 Å². The van der Waals surface area contributed by atoms with Crippen LogP contribution >= 0.6 is 11.3 Å². The molecule has 3 rings (SSSR count). The fourth-order valence-corrected chi connectivity index (χ4v) is 3.81. The van der Waals surface area contributed by atoms with Crippen molar-refractivity contribution in [3.8, 4) is 0 Å². The van der Waals surface area contributed by atoms with Crippen molar-refractivity contribution >= 4 is 40.7 Å². The molecule has 7 nitrogen and oxygen atoms in total. The zero-order valence-electron chi connectivity index (χ0n) is 15.0. The molecule has 1 aliphatic heterocycles. The zero-order chi connectivity index (χ0) is 19.7. The van der Waals surface area contributed by atoms with Crippen molar-refractivity contribution in [2.24, 2.45) is 5.92 Å². The van der Waals surface area contributed by atoms with E-state index >= 15 is 0 Å². The van der Waals surface area contributed by atoms with Gasteiger partial charge in [0.25, 0.3) is 11.8 Å². The smallest absolute Gasteiger partial charge is 0.350 e. The Morgan fingerprint density at radius 2 is 1.67 bits per heavy atom. The number of nitrogens with one attached hydrogen (secondary N) is 1. The summed E-state index contributed by atoms with van der Waals surface area (Å²) in [6.07, 6.45) is 0. The summed E-state index contributed by atoms with van der Waals surface area (Å²) in [6, 6.07) is 7.05. The molecule has 1 aliphatic rings. The molecule has 0 spiro atoms. The number of methoxy groups -OCH3 is 1. The van der Waals surface area contributed by atoms with Gasteiger partial charge in [0, 0.05) is 0 Å². The number of rotatable bonds is 5. The van der Waals surface area contributed by atoms with Crippen LogP contribution in [0.15, 0.2) is 35.7 Å². The molecular weight excluding hydrogens is 368 g/mol. The Morgan fingerprint density at radius 3 is 2.19 bits per heavy atom. The number of benzene rings is 1. The van der Waals surface area contributed by atoms with Gasteiger partial charge >= 0.3 is 5.97 Å². The highest BCUT2D eigenvalue weighted by Crippen LogP contribution is 2.29. The molecule has 27 heavy (non-hydrogen) atoms. The summed E-state index contributed by atoms with van der Waals surface area (Å²) in [7, 11) is 1.25. The highest BCUT2D eigenvalue weighted by atomic mass is 32.1. The van der Waals surface area contributed by atoms with E-state index in [1.165, 1.54) is 7.11 Å². The van der Waals surface area contributed by atoms with Crippen LogP contribution in [0.4, 0.5) is 5.69 Å². The van der Waals surface area contributed by atoms with Gasteiger partial charge in [-0.1, -0.05) is 26.0 Å². The van der Waals surface area contributed by atoms with Crippen LogP contribution < -0.4 is 5.32 Å². The summed E-state index contributed by atoms with van der Waals surface area (Å²) < 4.78 is 4.70. The normalized spacial score (nSPS) is 14.3. The van der Waals surface area contributed by atoms with E-state index in [9.17, 15) is 19.2 Å². The third kappa shape index (κ3) is 3.23. The molecule has 1 aromatic carbocycles. The lowest BCUT2D eigenvalue weighted by atomic mass is 10.0.